The Morgan fingerprint density at radius 1 is 1.33 bits per heavy atom. The molecule has 0 spiro atoms. The Hall–Kier alpha value is -1.90. The van der Waals surface area contributed by atoms with E-state index in [9.17, 15) is 4.39 Å². The van der Waals surface area contributed by atoms with Gasteiger partial charge in [0, 0.05) is 11.8 Å². The van der Waals surface area contributed by atoms with Crippen LogP contribution in [0.4, 0.5) is 4.39 Å². The summed E-state index contributed by atoms with van der Waals surface area (Å²) in [4.78, 5) is 3.91. The Morgan fingerprint density at radius 2 is 2.13 bits per heavy atom. The molecular formula is C12H10FNO. The smallest absolute Gasteiger partial charge is 0.149 e. The minimum absolute atomic E-state index is 0.0520. The number of halogens is 1. The van der Waals surface area contributed by atoms with Crippen molar-refractivity contribution in [3.63, 3.8) is 0 Å². The molecular weight excluding hydrogens is 193 g/mol. The van der Waals surface area contributed by atoms with E-state index in [4.69, 9.17) is 6.11 Å². The van der Waals surface area contributed by atoms with Crippen molar-refractivity contribution in [2.45, 2.75) is 0 Å². The monoisotopic (exact) mass is 204 g/mol. The summed E-state index contributed by atoms with van der Waals surface area (Å²) in [5, 5.41) is 0. The highest BCUT2D eigenvalue weighted by atomic mass is 19.1. The molecule has 0 saturated carbocycles. The molecule has 2 nitrogen and oxygen atoms in total. The van der Waals surface area contributed by atoms with Crippen LogP contribution in [0.25, 0.3) is 11.3 Å². The molecule has 0 amide bonds. The van der Waals surface area contributed by atoms with Gasteiger partial charge in [0.05, 0.1) is 8.48 Å². The van der Waals surface area contributed by atoms with Crippen molar-refractivity contribution in [1.82, 2.24) is 4.98 Å². The fourth-order valence-corrected chi connectivity index (χ4v) is 1.38. The number of benzene rings is 1. The zero-order chi connectivity index (χ0) is 11.5. The van der Waals surface area contributed by atoms with Crippen molar-refractivity contribution in [3.05, 3.63) is 48.4 Å². The molecule has 15 heavy (non-hydrogen) atoms. The second-order valence-electron chi connectivity index (χ2n) is 2.97. The van der Waals surface area contributed by atoms with E-state index >= 15 is 0 Å². The molecule has 2 aromatic rings. The molecule has 2 rings (SSSR count). The van der Waals surface area contributed by atoms with Crippen LogP contribution >= 0.6 is 0 Å². The van der Waals surface area contributed by atoms with Crippen molar-refractivity contribution >= 4 is 0 Å². The molecule has 0 aliphatic rings. The summed E-state index contributed by atoms with van der Waals surface area (Å²) in [6.07, 6.45) is 1.31. The normalized spacial score (nSPS) is 10.9. The first-order chi connectivity index (χ1) is 7.72. The molecule has 0 bridgehead atoms. The number of ether oxygens (including phenoxy) is 1. The largest absolute Gasteiger partial charge is 0.496 e. The zero-order valence-electron chi connectivity index (χ0n) is 9.20. The van der Waals surface area contributed by atoms with Crippen LogP contribution in [0.15, 0.2) is 42.6 Å². The van der Waals surface area contributed by atoms with Gasteiger partial charge in [0.2, 0.25) is 0 Å². The molecule has 0 radical (unpaired) electrons. The number of methoxy groups -OCH3 is 1. The summed E-state index contributed by atoms with van der Waals surface area (Å²) < 4.78 is 26.0. The Balaban J connectivity index is 2.58. The first-order valence-corrected chi connectivity index (χ1v) is 4.48. The number of para-hydroxylation sites is 1. The van der Waals surface area contributed by atoms with E-state index in [0.717, 1.165) is 6.07 Å². The first-order valence-electron chi connectivity index (χ1n) is 4.98. The standard InChI is InChI=1S/C12H10FNO/c1-15-11-7-3-2-5-9(11)12-10(13)6-4-8-14-12/h2-8H,1H3/i4D. The molecule has 0 aliphatic heterocycles. The van der Waals surface area contributed by atoms with Gasteiger partial charge in [0.1, 0.15) is 17.3 Å². The second kappa shape index (κ2) is 4.09. The number of rotatable bonds is 2. The predicted octanol–water partition coefficient (Wildman–Crippen LogP) is 2.90. The van der Waals surface area contributed by atoms with Gasteiger partial charge in [-0.1, -0.05) is 12.1 Å². The molecule has 0 fully saturated rings. The molecule has 0 unspecified atom stereocenters. The van der Waals surface area contributed by atoms with Gasteiger partial charge in [-0.3, -0.25) is 4.98 Å². The van der Waals surface area contributed by atoms with E-state index in [-0.39, 0.29) is 11.7 Å². The van der Waals surface area contributed by atoms with Crippen molar-refractivity contribution in [3.8, 4) is 17.0 Å². The number of pyridine rings is 1. The highest BCUT2D eigenvalue weighted by Gasteiger charge is 2.09. The third-order valence-electron chi connectivity index (χ3n) is 2.07. The summed E-state index contributed by atoms with van der Waals surface area (Å²) in [7, 11) is 1.52. The van der Waals surface area contributed by atoms with E-state index < -0.39 is 5.82 Å². The van der Waals surface area contributed by atoms with Gasteiger partial charge in [-0.2, -0.15) is 0 Å². The molecule has 0 saturated heterocycles. The van der Waals surface area contributed by atoms with Gasteiger partial charge < -0.3 is 4.74 Å². The van der Waals surface area contributed by atoms with E-state index in [0.29, 0.717) is 11.3 Å². The van der Waals surface area contributed by atoms with Gasteiger partial charge in [0.15, 0.2) is 0 Å². The van der Waals surface area contributed by atoms with E-state index in [2.05, 4.69) is 4.98 Å². The molecule has 76 valence electrons. The number of hydrogen-bond acceptors (Lipinski definition) is 2. The van der Waals surface area contributed by atoms with Crippen molar-refractivity contribution < 1.29 is 10.5 Å². The lowest BCUT2D eigenvalue weighted by Crippen LogP contribution is -1.92. The summed E-state index contributed by atoms with van der Waals surface area (Å²) >= 11 is 0. The minimum Gasteiger partial charge on any atom is -0.496 e. The third-order valence-corrected chi connectivity index (χ3v) is 2.07. The van der Waals surface area contributed by atoms with Gasteiger partial charge in [-0.25, -0.2) is 4.39 Å². The minimum atomic E-state index is -0.517. The van der Waals surface area contributed by atoms with Crippen molar-refractivity contribution in [2.75, 3.05) is 7.11 Å². The van der Waals surface area contributed by atoms with Crippen LogP contribution in [0, 0.1) is 5.82 Å². The maximum absolute atomic E-state index is 13.6. The second-order valence-corrected chi connectivity index (χ2v) is 2.97. The first kappa shape index (κ1) is 8.41. The molecule has 1 aromatic heterocycles. The van der Waals surface area contributed by atoms with Crippen LogP contribution < -0.4 is 4.74 Å². The lowest BCUT2D eigenvalue weighted by Gasteiger charge is -2.07. The topological polar surface area (TPSA) is 22.1 Å². The van der Waals surface area contributed by atoms with Crippen molar-refractivity contribution in [2.24, 2.45) is 0 Å². The maximum atomic E-state index is 13.6. The van der Waals surface area contributed by atoms with Crippen LogP contribution in [-0.4, -0.2) is 12.1 Å². The fraction of sp³-hybridized carbons (Fsp3) is 0.0833. The van der Waals surface area contributed by atoms with Gasteiger partial charge in [-0.05, 0) is 24.2 Å². The SMILES string of the molecule is [2H]c1cnc(-c2ccccc2OC)c(F)c1. The summed E-state index contributed by atoms with van der Waals surface area (Å²) in [6, 6.07) is 8.25. The Morgan fingerprint density at radius 3 is 2.87 bits per heavy atom. The molecule has 0 N–H and O–H groups in total. The quantitative estimate of drug-likeness (QED) is 0.750. The zero-order valence-corrected chi connectivity index (χ0v) is 8.20. The highest BCUT2D eigenvalue weighted by Crippen LogP contribution is 2.29. The van der Waals surface area contributed by atoms with Gasteiger partial charge in [-0.15, -0.1) is 0 Å². The van der Waals surface area contributed by atoms with Crippen LogP contribution in [0.2, 0.25) is 0 Å². The summed E-state index contributed by atoms with van der Waals surface area (Å²) in [5.41, 5.74) is 0.788. The lowest BCUT2D eigenvalue weighted by molar-refractivity contribution is 0.416. The van der Waals surface area contributed by atoms with Crippen LogP contribution in [0.5, 0.6) is 5.75 Å². The average Bonchev–Trinajstić information content (AvgIpc) is 2.29. The average molecular weight is 204 g/mol. The number of aromatic nitrogens is 1. The van der Waals surface area contributed by atoms with Gasteiger partial charge in [0.25, 0.3) is 0 Å². The summed E-state index contributed by atoms with van der Waals surface area (Å²) in [5.74, 6) is 0.0450. The molecule has 1 heterocycles. The maximum Gasteiger partial charge on any atom is 0.149 e. The van der Waals surface area contributed by atoms with Crippen LogP contribution in [0.1, 0.15) is 1.37 Å². The molecule has 1 aromatic carbocycles. The molecule has 3 heteroatoms. The van der Waals surface area contributed by atoms with E-state index in [1.165, 1.54) is 13.3 Å². The Kier molecular flexibility index (Phi) is 2.29. The number of hydrogen-bond donors (Lipinski definition) is 0. The third kappa shape index (κ3) is 1.81. The Bertz CT molecular complexity index is 516. The molecule has 0 aliphatic carbocycles. The highest BCUT2D eigenvalue weighted by molar-refractivity contribution is 5.67. The Labute approximate surface area is 88.8 Å². The number of nitrogens with zero attached hydrogens (tertiary/aromatic N) is 1. The fourth-order valence-electron chi connectivity index (χ4n) is 1.38. The predicted molar refractivity (Wildman–Crippen MR) is 56.2 cm³/mol. The summed E-state index contributed by atoms with van der Waals surface area (Å²) in [6.45, 7) is 0. The van der Waals surface area contributed by atoms with Gasteiger partial charge >= 0.3 is 0 Å². The van der Waals surface area contributed by atoms with E-state index in [1.807, 2.05) is 0 Å². The lowest BCUT2D eigenvalue weighted by atomic mass is 10.1. The van der Waals surface area contributed by atoms with Crippen LogP contribution in [0.3, 0.4) is 0 Å². The van der Waals surface area contributed by atoms with E-state index in [1.54, 1.807) is 24.3 Å². The molecule has 0 atom stereocenters. The van der Waals surface area contributed by atoms with Crippen molar-refractivity contribution in [1.29, 1.82) is 0 Å². The van der Waals surface area contributed by atoms with Crippen LogP contribution in [-0.2, 0) is 0 Å².